The first-order valence-electron chi connectivity index (χ1n) is 8.94. The van der Waals surface area contributed by atoms with E-state index in [2.05, 4.69) is 16.1 Å². The standard InChI is InChI=1S/C20H22N4O4/c1-27-18-8-14(9-21-19(18)28-2)13-3-4-17-15(7-13)11-24(20(17)26)16-10-22-23(12-16)5-6-25/h3-4,7-10,12,20,25-26H,5-6,11H2,1-2H3. The monoisotopic (exact) mass is 382 g/mol. The molecule has 146 valence electrons. The van der Waals surface area contributed by atoms with Crippen LogP contribution in [0, 0.1) is 0 Å². The van der Waals surface area contributed by atoms with Crippen LogP contribution < -0.4 is 14.4 Å². The quantitative estimate of drug-likeness (QED) is 0.673. The summed E-state index contributed by atoms with van der Waals surface area (Å²) in [7, 11) is 3.13. The van der Waals surface area contributed by atoms with E-state index in [-0.39, 0.29) is 6.61 Å². The molecule has 2 aromatic heterocycles. The Labute approximate surface area is 162 Å². The molecule has 0 bridgehead atoms. The number of anilines is 1. The van der Waals surface area contributed by atoms with Crippen molar-refractivity contribution in [2.75, 3.05) is 25.7 Å². The van der Waals surface area contributed by atoms with Crippen molar-refractivity contribution in [3.05, 3.63) is 54.0 Å². The molecule has 1 aliphatic heterocycles. The number of benzene rings is 1. The molecule has 0 radical (unpaired) electrons. The number of nitrogens with zero attached hydrogens (tertiary/aromatic N) is 4. The number of aromatic nitrogens is 3. The van der Waals surface area contributed by atoms with E-state index in [0.29, 0.717) is 24.7 Å². The molecule has 3 aromatic rings. The molecule has 1 aromatic carbocycles. The minimum absolute atomic E-state index is 0.0205. The van der Waals surface area contributed by atoms with E-state index in [0.717, 1.165) is 27.9 Å². The normalized spacial score (nSPS) is 15.6. The van der Waals surface area contributed by atoms with Crippen LogP contribution in [0.4, 0.5) is 5.69 Å². The molecule has 4 rings (SSSR count). The molecule has 0 aliphatic carbocycles. The first kappa shape index (κ1) is 18.3. The van der Waals surface area contributed by atoms with E-state index >= 15 is 0 Å². The van der Waals surface area contributed by atoms with Gasteiger partial charge >= 0.3 is 0 Å². The zero-order valence-corrected chi connectivity index (χ0v) is 15.7. The lowest BCUT2D eigenvalue weighted by Gasteiger charge is -2.20. The van der Waals surface area contributed by atoms with Gasteiger partial charge in [-0.25, -0.2) is 4.98 Å². The average Bonchev–Trinajstić information content (AvgIpc) is 3.31. The number of methoxy groups -OCH3 is 2. The molecule has 1 aliphatic rings. The van der Waals surface area contributed by atoms with Crippen molar-refractivity contribution in [2.24, 2.45) is 0 Å². The van der Waals surface area contributed by atoms with E-state index in [1.54, 1.807) is 31.3 Å². The SMILES string of the molecule is COc1cc(-c2ccc3c(c2)CN(c2cnn(CCO)c2)C3O)cnc1OC. The first-order chi connectivity index (χ1) is 13.6. The van der Waals surface area contributed by atoms with E-state index < -0.39 is 6.23 Å². The highest BCUT2D eigenvalue weighted by Crippen LogP contribution is 2.38. The molecule has 0 amide bonds. The van der Waals surface area contributed by atoms with Crippen molar-refractivity contribution in [3.63, 3.8) is 0 Å². The van der Waals surface area contributed by atoms with Gasteiger partial charge in [0.1, 0.15) is 0 Å². The molecule has 0 saturated carbocycles. The van der Waals surface area contributed by atoms with Crippen LogP contribution in [0.3, 0.4) is 0 Å². The number of fused-ring (bicyclic) bond motifs is 1. The van der Waals surface area contributed by atoms with Gasteiger partial charge in [0.2, 0.25) is 0 Å². The van der Waals surface area contributed by atoms with Crippen molar-refractivity contribution in [3.8, 4) is 22.8 Å². The Bertz CT molecular complexity index is 988. The first-order valence-corrected chi connectivity index (χ1v) is 8.94. The van der Waals surface area contributed by atoms with Crippen LogP contribution in [0.5, 0.6) is 11.6 Å². The fourth-order valence-electron chi connectivity index (χ4n) is 3.46. The van der Waals surface area contributed by atoms with Crippen molar-refractivity contribution in [1.82, 2.24) is 14.8 Å². The van der Waals surface area contributed by atoms with Gasteiger partial charge in [0.15, 0.2) is 12.0 Å². The molecule has 1 atom stereocenters. The summed E-state index contributed by atoms with van der Waals surface area (Å²) in [4.78, 5) is 6.17. The number of ether oxygens (including phenoxy) is 2. The van der Waals surface area contributed by atoms with Crippen LogP contribution >= 0.6 is 0 Å². The van der Waals surface area contributed by atoms with Gasteiger partial charge in [-0.3, -0.25) is 4.68 Å². The molecule has 0 spiro atoms. The third kappa shape index (κ3) is 3.17. The number of rotatable bonds is 6. The van der Waals surface area contributed by atoms with E-state index in [1.165, 1.54) is 0 Å². The zero-order chi connectivity index (χ0) is 19.7. The maximum atomic E-state index is 10.7. The summed E-state index contributed by atoms with van der Waals surface area (Å²) in [6, 6.07) is 7.84. The Hall–Kier alpha value is -3.10. The second kappa shape index (κ2) is 7.49. The zero-order valence-electron chi connectivity index (χ0n) is 15.7. The van der Waals surface area contributed by atoms with Gasteiger partial charge < -0.3 is 24.6 Å². The Morgan fingerprint density at radius 1 is 1.14 bits per heavy atom. The second-order valence-corrected chi connectivity index (χ2v) is 6.54. The van der Waals surface area contributed by atoms with Gasteiger partial charge in [-0.05, 0) is 23.3 Å². The molecule has 28 heavy (non-hydrogen) atoms. The molecular weight excluding hydrogens is 360 g/mol. The third-order valence-electron chi connectivity index (χ3n) is 4.90. The predicted octanol–water partition coefficient (Wildman–Crippen LogP) is 1.97. The maximum absolute atomic E-state index is 10.7. The molecule has 2 N–H and O–H groups in total. The van der Waals surface area contributed by atoms with Crippen LogP contribution in [-0.4, -0.2) is 45.8 Å². The van der Waals surface area contributed by atoms with E-state index in [1.807, 2.05) is 29.3 Å². The van der Waals surface area contributed by atoms with Crippen molar-refractivity contribution < 1.29 is 19.7 Å². The van der Waals surface area contributed by atoms with Crippen LogP contribution in [0.15, 0.2) is 42.9 Å². The molecule has 3 heterocycles. The van der Waals surface area contributed by atoms with Gasteiger partial charge in [-0.15, -0.1) is 0 Å². The topological polar surface area (TPSA) is 92.9 Å². The van der Waals surface area contributed by atoms with Crippen molar-refractivity contribution >= 4 is 5.69 Å². The highest BCUT2D eigenvalue weighted by atomic mass is 16.5. The van der Waals surface area contributed by atoms with E-state index in [9.17, 15) is 5.11 Å². The lowest BCUT2D eigenvalue weighted by molar-refractivity contribution is 0.181. The Kier molecular flexibility index (Phi) is 4.89. The summed E-state index contributed by atoms with van der Waals surface area (Å²) >= 11 is 0. The van der Waals surface area contributed by atoms with Gasteiger partial charge in [-0.1, -0.05) is 12.1 Å². The molecular formula is C20H22N4O4. The van der Waals surface area contributed by atoms with Crippen LogP contribution in [0.2, 0.25) is 0 Å². The lowest BCUT2D eigenvalue weighted by Crippen LogP contribution is -2.20. The van der Waals surface area contributed by atoms with Gasteiger partial charge in [0, 0.05) is 30.1 Å². The van der Waals surface area contributed by atoms with Crippen molar-refractivity contribution in [2.45, 2.75) is 19.3 Å². The summed E-state index contributed by atoms with van der Waals surface area (Å²) in [6.45, 7) is 1.01. The Morgan fingerprint density at radius 2 is 2.00 bits per heavy atom. The number of hydrogen-bond donors (Lipinski definition) is 2. The molecule has 8 nitrogen and oxygen atoms in total. The number of aliphatic hydroxyl groups is 2. The fourth-order valence-corrected chi connectivity index (χ4v) is 3.46. The number of pyridine rings is 1. The highest BCUT2D eigenvalue weighted by molar-refractivity contribution is 5.68. The average molecular weight is 382 g/mol. The second-order valence-electron chi connectivity index (χ2n) is 6.54. The van der Waals surface area contributed by atoms with Crippen LogP contribution in [-0.2, 0) is 13.1 Å². The van der Waals surface area contributed by atoms with Gasteiger partial charge in [-0.2, -0.15) is 5.10 Å². The number of aliphatic hydroxyl groups excluding tert-OH is 2. The molecule has 8 heteroatoms. The van der Waals surface area contributed by atoms with Crippen LogP contribution in [0.25, 0.3) is 11.1 Å². The largest absolute Gasteiger partial charge is 0.491 e. The minimum atomic E-state index is -0.737. The molecule has 1 unspecified atom stereocenters. The summed E-state index contributed by atoms with van der Waals surface area (Å²) in [5.74, 6) is 1.01. The summed E-state index contributed by atoms with van der Waals surface area (Å²) < 4.78 is 12.2. The summed E-state index contributed by atoms with van der Waals surface area (Å²) in [5.41, 5.74) is 4.61. The highest BCUT2D eigenvalue weighted by Gasteiger charge is 2.29. The Morgan fingerprint density at radius 3 is 2.75 bits per heavy atom. The predicted molar refractivity (Wildman–Crippen MR) is 103 cm³/mol. The maximum Gasteiger partial charge on any atom is 0.256 e. The molecule has 0 fully saturated rings. The Balaban J connectivity index is 1.62. The minimum Gasteiger partial charge on any atom is -0.491 e. The van der Waals surface area contributed by atoms with Crippen LogP contribution in [0.1, 0.15) is 17.4 Å². The van der Waals surface area contributed by atoms with Gasteiger partial charge in [0.25, 0.3) is 5.88 Å². The van der Waals surface area contributed by atoms with E-state index in [4.69, 9.17) is 14.6 Å². The smallest absolute Gasteiger partial charge is 0.256 e. The lowest BCUT2D eigenvalue weighted by atomic mass is 10.0. The summed E-state index contributed by atoms with van der Waals surface area (Å²) in [5, 5.41) is 24.0. The number of hydrogen-bond acceptors (Lipinski definition) is 7. The van der Waals surface area contributed by atoms with Crippen molar-refractivity contribution in [1.29, 1.82) is 0 Å². The third-order valence-corrected chi connectivity index (χ3v) is 4.90. The fraction of sp³-hybridized carbons (Fsp3) is 0.300. The van der Waals surface area contributed by atoms with Gasteiger partial charge in [0.05, 0.1) is 39.3 Å². The summed E-state index contributed by atoms with van der Waals surface area (Å²) in [6.07, 6.45) is 4.53. The molecule has 0 saturated heterocycles.